The highest BCUT2D eigenvalue weighted by Gasteiger charge is 2.11. The Bertz CT molecular complexity index is 437. The van der Waals surface area contributed by atoms with E-state index in [1.54, 1.807) is 0 Å². The lowest BCUT2D eigenvalue weighted by atomic mass is 10.0. The molecule has 0 radical (unpaired) electrons. The summed E-state index contributed by atoms with van der Waals surface area (Å²) >= 11 is 0. The van der Waals surface area contributed by atoms with Gasteiger partial charge in [-0.15, -0.1) is 12.3 Å². The van der Waals surface area contributed by atoms with Crippen molar-refractivity contribution in [2.75, 3.05) is 0 Å². The molecule has 0 saturated carbocycles. The molecule has 0 bridgehead atoms. The van der Waals surface area contributed by atoms with E-state index in [1.807, 2.05) is 24.3 Å². The smallest absolute Gasteiger partial charge is 0.0991 e. The largest absolute Gasteiger partial charge is 0.307 e. The van der Waals surface area contributed by atoms with Crippen molar-refractivity contribution in [3.8, 4) is 18.4 Å². The summed E-state index contributed by atoms with van der Waals surface area (Å²) in [4.78, 5) is 0. The molecule has 1 N–H and O–H groups in total. The SMILES string of the molecule is C#CCC(CC)NC(C)c1cccc(C#N)c1. The first-order chi connectivity index (χ1) is 8.21. The van der Waals surface area contributed by atoms with Crippen molar-refractivity contribution in [2.24, 2.45) is 0 Å². The number of benzene rings is 1. The van der Waals surface area contributed by atoms with Gasteiger partial charge in [-0.3, -0.25) is 0 Å². The molecule has 2 unspecified atom stereocenters. The van der Waals surface area contributed by atoms with Gasteiger partial charge in [0.2, 0.25) is 0 Å². The predicted octanol–water partition coefficient (Wildman–Crippen LogP) is 3.01. The molecule has 0 heterocycles. The first kappa shape index (κ1) is 13.3. The van der Waals surface area contributed by atoms with Crippen molar-refractivity contribution in [1.29, 1.82) is 5.26 Å². The van der Waals surface area contributed by atoms with Gasteiger partial charge in [0.1, 0.15) is 0 Å². The van der Waals surface area contributed by atoms with Crippen LogP contribution in [-0.2, 0) is 0 Å². The summed E-state index contributed by atoms with van der Waals surface area (Å²) in [6, 6.07) is 10.4. The van der Waals surface area contributed by atoms with Crippen molar-refractivity contribution in [2.45, 2.75) is 38.8 Å². The van der Waals surface area contributed by atoms with Gasteiger partial charge in [-0.2, -0.15) is 5.26 Å². The molecule has 1 aromatic carbocycles. The van der Waals surface area contributed by atoms with Crippen LogP contribution in [0.2, 0.25) is 0 Å². The number of rotatable bonds is 5. The minimum atomic E-state index is 0.210. The molecule has 0 aliphatic rings. The van der Waals surface area contributed by atoms with Crippen molar-refractivity contribution < 1.29 is 0 Å². The molecular weight excluding hydrogens is 208 g/mol. The quantitative estimate of drug-likeness (QED) is 0.783. The van der Waals surface area contributed by atoms with Crippen molar-refractivity contribution in [3.63, 3.8) is 0 Å². The van der Waals surface area contributed by atoms with Crippen LogP contribution in [0.3, 0.4) is 0 Å². The van der Waals surface area contributed by atoms with Crippen LogP contribution in [-0.4, -0.2) is 6.04 Å². The molecule has 0 aliphatic carbocycles. The van der Waals surface area contributed by atoms with E-state index in [0.29, 0.717) is 11.6 Å². The second-order valence-corrected chi connectivity index (χ2v) is 4.14. The van der Waals surface area contributed by atoms with Crippen LogP contribution in [0.4, 0.5) is 0 Å². The lowest BCUT2D eigenvalue weighted by molar-refractivity contribution is 0.449. The average molecular weight is 226 g/mol. The number of nitrogens with one attached hydrogen (secondary N) is 1. The summed E-state index contributed by atoms with van der Waals surface area (Å²) < 4.78 is 0. The molecule has 2 atom stereocenters. The van der Waals surface area contributed by atoms with Crippen LogP contribution in [0.15, 0.2) is 24.3 Å². The molecule has 0 aliphatic heterocycles. The summed E-state index contributed by atoms with van der Waals surface area (Å²) in [6.07, 6.45) is 7.07. The molecule has 17 heavy (non-hydrogen) atoms. The summed E-state index contributed by atoms with van der Waals surface area (Å²) in [7, 11) is 0. The molecule has 0 amide bonds. The van der Waals surface area contributed by atoms with Crippen LogP contribution in [0.1, 0.15) is 43.9 Å². The summed E-state index contributed by atoms with van der Waals surface area (Å²) in [6.45, 7) is 4.21. The zero-order valence-corrected chi connectivity index (χ0v) is 10.4. The molecule has 0 aromatic heterocycles. The Labute approximate surface area is 104 Å². The Morgan fingerprint density at radius 2 is 2.24 bits per heavy atom. The molecule has 0 saturated heterocycles. The minimum Gasteiger partial charge on any atom is -0.307 e. The third kappa shape index (κ3) is 3.94. The summed E-state index contributed by atoms with van der Waals surface area (Å²) in [5, 5.41) is 12.3. The fraction of sp³-hybridized carbons (Fsp3) is 0.400. The molecule has 0 fully saturated rings. The van der Waals surface area contributed by atoms with Gasteiger partial charge in [-0.05, 0) is 31.0 Å². The number of nitrogens with zero attached hydrogens (tertiary/aromatic N) is 1. The zero-order chi connectivity index (χ0) is 12.7. The zero-order valence-electron chi connectivity index (χ0n) is 10.4. The Balaban J connectivity index is 2.72. The molecule has 1 rings (SSSR count). The van der Waals surface area contributed by atoms with Gasteiger partial charge in [0.05, 0.1) is 11.6 Å². The topological polar surface area (TPSA) is 35.8 Å². The fourth-order valence-electron chi connectivity index (χ4n) is 1.79. The molecule has 2 nitrogen and oxygen atoms in total. The van der Waals surface area contributed by atoms with Gasteiger partial charge >= 0.3 is 0 Å². The number of terminal acetylenes is 1. The Kier molecular flexibility index (Phi) is 5.27. The number of hydrogen-bond donors (Lipinski definition) is 1. The molecule has 88 valence electrons. The van der Waals surface area contributed by atoms with Gasteiger partial charge in [0.25, 0.3) is 0 Å². The predicted molar refractivity (Wildman–Crippen MR) is 70.2 cm³/mol. The standard InChI is InChI=1S/C15H18N2/c1-4-7-15(5-2)17-12(3)14-9-6-8-13(10-14)11-16/h1,6,8-10,12,15,17H,5,7H2,2-3H3. The van der Waals surface area contributed by atoms with E-state index in [0.717, 1.165) is 18.4 Å². The molecule has 1 aromatic rings. The van der Waals surface area contributed by atoms with Crippen LogP contribution in [0, 0.1) is 23.7 Å². The van der Waals surface area contributed by atoms with E-state index >= 15 is 0 Å². The number of hydrogen-bond acceptors (Lipinski definition) is 2. The van der Waals surface area contributed by atoms with E-state index in [9.17, 15) is 0 Å². The Hall–Kier alpha value is -1.77. The highest BCUT2D eigenvalue weighted by molar-refractivity contribution is 5.34. The van der Waals surface area contributed by atoms with E-state index in [1.165, 1.54) is 0 Å². The van der Waals surface area contributed by atoms with Gasteiger partial charge in [-0.1, -0.05) is 19.1 Å². The molecule has 2 heteroatoms. The maximum atomic E-state index is 8.86. The van der Waals surface area contributed by atoms with Gasteiger partial charge < -0.3 is 5.32 Å². The lowest BCUT2D eigenvalue weighted by Gasteiger charge is -2.21. The van der Waals surface area contributed by atoms with Gasteiger partial charge in [-0.25, -0.2) is 0 Å². The molecule has 0 spiro atoms. The van der Waals surface area contributed by atoms with E-state index in [4.69, 9.17) is 11.7 Å². The average Bonchev–Trinajstić information content (AvgIpc) is 2.38. The minimum absolute atomic E-state index is 0.210. The van der Waals surface area contributed by atoms with E-state index in [-0.39, 0.29) is 6.04 Å². The highest BCUT2D eigenvalue weighted by Crippen LogP contribution is 2.15. The monoisotopic (exact) mass is 226 g/mol. The summed E-state index contributed by atoms with van der Waals surface area (Å²) in [5.41, 5.74) is 1.82. The highest BCUT2D eigenvalue weighted by atomic mass is 14.9. The van der Waals surface area contributed by atoms with Crippen LogP contribution in [0.25, 0.3) is 0 Å². The third-order valence-electron chi connectivity index (χ3n) is 2.86. The van der Waals surface area contributed by atoms with Gasteiger partial charge in [0.15, 0.2) is 0 Å². The maximum absolute atomic E-state index is 8.86. The first-order valence-corrected chi connectivity index (χ1v) is 5.90. The van der Waals surface area contributed by atoms with E-state index in [2.05, 4.69) is 31.2 Å². The fourth-order valence-corrected chi connectivity index (χ4v) is 1.79. The Morgan fingerprint density at radius 3 is 2.82 bits per heavy atom. The van der Waals surface area contributed by atoms with Gasteiger partial charge in [0, 0.05) is 18.5 Å². The van der Waals surface area contributed by atoms with Crippen LogP contribution in [0.5, 0.6) is 0 Å². The lowest BCUT2D eigenvalue weighted by Crippen LogP contribution is -2.30. The second kappa shape index (κ2) is 6.74. The van der Waals surface area contributed by atoms with Crippen LogP contribution < -0.4 is 5.32 Å². The van der Waals surface area contributed by atoms with Crippen molar-refractivity contribution in [1.82, 2.24) is 5.32 Å². The maximum Gasteiger partial charge on any atom is 0.0991 e. The van der Waals surface area contributed by atoms with Crippen LogP contribution >= 0.6 is 0 Å². The van der Waals surface area contributed by atoms with Crippen molar-refractivity contribution in [3.05, 3.63) is 35.4 Å². The number of nitriles is 1. The summed E-state index contributed by atoms with van der Waals surface area (Å²) in [5.74, 6) is 2.68. The third-order valence-corrected chi connectivity index (χ3v) is 2.86. The Morgan fingerprint density at radius 1 is 1.47 bits per heavy atom. The molecular formula is C15H18N2. The van der Waals surface area contributed by atoms with E-state index < -0.39 is 0 Å². The second-order valence-electron chi connectivity index (χ2n) is 4.14. The normalized spacial score (nSPS) is 13.4. The first-order valence-electron chi connectivity index (χ1n) is 5.90. The van der Waals surface area contributed by atoms with Crippen molar-refractivity contribution >= 4 is 0 Å².